The second-order valence-electron chi connectivity index (χ2n) is 4.16. The van der Waals surface area contributed by atoms with Crippen molar-refractivity contribution >= 4 is 0 Å². The molecule has 88 valence electrons. The van der Waals surface area contributed by atoms with Crippen LogP contribution in [0.5, 0.6) is 5.88 Å². The van der Waals surface area contributed by atoms with Gasteiger partial charge in [0, 0.05) is 24.8 Å². The summed E-state index contributed by atoms with van der Waals surface area (Å²) in [5.74, 6) is 0.651. The molecular weight excluding hydrogens is 202 g/mol. The Labute approximate surface area is 96.4 Å². The number of hydrogen-bond donors (Lipinski definition) is 1. The molecule has 2 heterocycles. The van der Waals surface area contributed by atoms with Crippen LogP contribution in [0, 0.1) is 0 Å². The molecule has 4 nitrogen and oxygen atoms in total. The van der Waals surface area contributed by atoms with Crippen LogP contribution >= 0.6 is 0 Å². The zero-order valence-corrected chi connectivity index (χ0v) is 9.89. The number of pyridine rings is 1. The van der Waals surface area contributed by atoms with Crippen LogP contribution in [0.4, 0.5) is 0 Å². The van der Waals surface area contributed by atoms with E-state index in [1.54, 1.807) is 7.11 Å². The number of nitrogens with two attached hydrogens (primary N) is 1. The fraction of sp³-hybridized carbons (Fsp3) is 0.583. The molecule has 4 heteroatoms. The molecule has 0 radical (unpaired) electrons. The van der Waals surface area contributed by atoms with Gasteiger partial charge in [-0.25, -0.2) is 4.98 Å². The van der Waals surface area contributed by atoms with Crippen molar-refractivity contribution in [3.63, 3.8) is 0 Å². The molecule has 1 aromatic heterocycles. The predicted octanol–water partition coefficient (Wildman–Crippen LogP) is 1.18. The number of aromatic nitrogens is 1. The van der Waals surface area contributed by atoms with Crippen molar-refractivity contribution < 1.29 is 4.74 Å². The normalized spacial score (nSPS) is 25.9. The van der Waals surface area contributed by atoms with Gasteiger partial charge < -0.3 is 10.5 Å². The lowest BCUT2D eigenvalue weighted by Crippen LogP contribution is -2.31. The van der Waals surface area contributed by atoms with Gasteiger partial charge in [0.05, 0.1) is 13.2 Å². The van der Waals surface area contributed by atoms with Crippen LogP contribution in [-0.2, 0) is 0 Å². The number of nitrogens with zero attached hydrogens (tertiary/aromatic N) is 2. The second kappa shape index (κ2) is 4.80. The number of hydrogen-bond acceptors (Lipinski definition) is 4. The van der Waals surface area contributed by atoms with E-state index in [2.05, 4.69) is 22.9 Å². The summed E-state index contributed by atoms with van der Waals surface area (Å²) in [7, 11) is 1.63. The van der Waals surface area contributed by atoms with Gasteiger partial charge in [0.1, 0.15) is 0 Å². The summed E-state index contributed by atoms with van der Waals surface area (Å²) >= 11 is 0. The van der Waals surface area contributed by atoms with E-state index in [1.165, 1.54) is 5.56 Å². The molecule has 1 saturated heterocycles. The summed E-state index contributed by atoms with van der Waals surface area (Å²) in [6, 6.07) is 4.48. The molecule has 0 aliphatic carbocycles. The Morgan fingerprint density at radius 2 is 2.38 bits per heavy atom. The number of ether oxygens (including phenoxy) is 1. The largest absolute Gasteiger partial charge is 0.481 e. The first-order chi connectivity index (χ1) is 7.76. The lowest BCUT2D eigenvalue weighted by atomic mass is 10.0. The van der Waals surface area contributed by atoms with Crippen LogP contribution in [0.2, 0.25) is 0 Å². The minimum absolute atomic E-state index is 0.218. The van der Waals surface area contributed by atoms with Gasteiger partial charge in [-0.05, 0) is 18.5 Å². The number of methoxy groups -OCH3 is 1. The Kier molecular flexibility index (Phi) is 3.41. The van der Waals surface area contributed by atoms with Gasteiger partial charge in [-0.1, -0.05) is 13.0 Å². The topological polar surface area (TPSA) is 51.4 Å². The third kappa shape index (κ3) is 2.03. The van der Waals surface area contributed by atoms with Gasteiger partial charge in [0.2, 0.25) is 5.88 Å². The van der Waals surface area contributed by atoms with Crippen molar-refractivity contribution in [3.05, 3.63) is 23.9 Å². The van der Waals surface area contributed by atoms with E-state index in [-0.39, 0.29) is 6.04 Å². The number of likely N-dealkylation sites (N-methyl/N-ethyl adjacent to an activating group) is 1. The molecule has 16 heavy (non-hydrogen) atoms. The first kappa shape index (κ1) is 11.4. The summed E-state index contributed by atoms with van der Waals surface area (Å²) < 4.78 is 5.06. The Hall–Kier alpha value is -1.13. The molecule has 0 aromatic carbocycles. The lowest BCUT2D eigenvalue weighted by Gasteiger charge is -2.25. The molecule has 0 saturated carbocycles. The van der Waals surface area contributed by atoms with Crippen molar-refractivity contribution in [3.8, 4) is 5.88 Å². The molecule has 1 aliphatic rings. The Morgan fingerprint density at radius 3 is 2.94 bits per heavy atom. The third-order valence-corrected chi connectivity index (χ3v) is 3.26. The summed E-state index contributed by atoms with van der Waals surface area (Å²) in [5.41, 5.74) is 7.33. The van der Waals surface area contributed by atoms with Crippen LogP contribution in [-0.4, -0.2) is 36.1 Å². The standard InChI is InChI=1S/C12H19N3O/c1-3-15-7-6-10(13)12(15)9-4-5-11(16-2)14-8-9/h4-5,8,10,12H,3,6-7,13H2,1-2H3. The highest BCUT2D eigenvalue weighted by Gasteiger charge is 2.31. The summed E-state index contributed by atoms with van der Waals surface area (Å²) in [6.45, 7) is 4.28. The van der Waals surface area contributed by atoms with Crippen LogP contribution < -0.4 is 10.5 Å². The van der Waals surface area contributed by atoms with E-state index < -0.39 is 0 Å². The molecule has 1 fully saturated rings. The van der Waals surface area contributed by atoms with Crippen molar-refractivity contribution in [1.29, 1.82) is 0 Å². The fourth-order valence-corrected chi connectivity index (χ4v) is 2.38. The molecule has 2 N–H and O–H groups in total. The van der Waals surface area contributed by atoms with Gasteiger partial charge in [-0.2, -0.15) is 0 Å². The molecule has 0 amide bonds. The minimum Gasteiger partial charge on any atom is -0.481 e. The van der Waals surface area contributed by atoms with Gasteiger partial charge in [-0.3, -0.25) is 4.90 Å². The van der Waals surface area contributed by atoms with Crippen molar-refractivity contribution in [2.45, 2.75) is 25.4 Å². The summed E-state index contributed by atoms with van der Waals surface area (Å²) in [4.78, 5) is 6.64. The van der Waals surface area contributed by atoms with Crippen LogP contribution in [0.1, 0.15) is 24.9 Å². The highest BCUT2D eigenvalue weighted by molar-refractivity contribution is 5.23. The number of rotatable bonds is 3. The van der Waals surface area contributed by atoms with Crippen molar-refractivity contribution in [1.82, 2.24) is 9.88 Å². The number of likely N-dealkylation sites (tertiary alicyclic amines) is 1. The molecule has 0 bridgehead atoms. The average Bonchev–Trinajstić information content (AvgIpc) is 2.70. The van der Waals surface area contributed by atoms with Crippen molar-refractivity contribution in [2.75, 3.05) is 20.2 Å². The first-order valence-corrected chi connectivity index (χ1v) is 5.75. The maximum absolute atomic E-state index is 6.15. The van der Waals surface area contributed by atoms with Crippen LogP contribution in [0.25, 0.3) is 0 Å². The Bertz CT molecular complexity index is 339. The van der Waals surface area contributed by atoms with Gasteiger partial charge in [-0.15, -0.1) is 0 Å². The van der Waals surface area contributed by atoms with E-state index in [9.17, 15) is 0 Å². The second-order valence-corrected chi connectivity index (χ2v) is 4.16. The zero-order chi connectivity index (χ0) is 11.5. The van der Waals surface area contributed by atoms with Crippen molar-refractivity contribution in [2.24, 2.45) is 5.73 Å². The van der Waals surface area contributed by atoms with Gasteiger partial charge in [0.25, 0.3) is 0 Å². The summed E-state index contributed by atoms with van der Waals surface area (Å²) in [6.07, 6.45) is 2.93. The smallest absolute Gasteiger partial charge is 0.212 e. The van der Waals surface area contributed by atoms with Gasteiger partial charge >= 0.3 is 0 Å². The third-order valence-electron chi connectivity index (χ3n) is 3.26. The lowest BCUT2D eigenvalue weighted by molar-refractivity contribution is 0.260. The van der Waals surface area contributed by atoms with Crippen LogP contribution in [0.3, 0.4) is 0 Å². The van der Waals surface area contributed by atoms with E-state index in [0.717, 1.165) is 19.5 Å². The minimum atomic E-state index is 0.218. The summed E-state index contributed by atoms with van der Waals surface area (Å²) in [5, 5.41) is 0. The fourth-order valence-electron chi connectivity index (χ4n) is 2.38. The Balaban J connectivity index is 2.21. The van der Waals surface area contributed by atoms with Crippen LogP contribution in [0.15, 0.2) is 18.3 Å². The quantitative estimate of drug-likeness (QED) is 0.833. The monoisotopic (exact) mass is 221 g/mol. The predicted molar refractivity (Wildman–Crippen MR) is 63.4 cm³/mol. The Morgan fingerprint density at radius 1 is 1.56 bits per heavy atom. The zero-order valence-electron chi connectivity index (χ0n) is 9.89. The van der Waals surface area contributed by atoms with E-state index >= 15 is 0 Å². The van der Waals surface area contributed by atoms with Gasteiger partial charge in [0.15, 0.2) is 0 Å². The maximum Gasteiger partial charge on any atom is 0.212 e. The maximum atomic E-state index is 6.15. The van der Waals surface area contributed by atoms with E-state index in [0.29, 0.717) is 11.9 Å². The van der Waals surface area contributed by atoms with E-state index in [1.807, 2.05) is 12.3 Å². The average molecular weight is 221 g/mol. The molecule has 2 rings (SSSR count). The van der Waals surface area contributed by atoms with E-state index in [4.69, 9.17) is 10.5 Å². The molecule has 0 spiro atoms. The molecule has 1 aliphatic heterocycles. The molecule has 1 aromatic rings. The molecule has 2 unspecified atom stereocenters. The molecule has 2 atom stereocenters. The molecular formula is C12H19N3O. The highest BCUT2D eigenvalue weighted by Crippen LogP contribution is 2.30. The SMILES string of the molecule is CCN1CCC(N)C1c1ccc(OC)nc1. The highest BCUT2D eigenvalue weighted by atomic mass is 16.5. The first-order valence-electron chi connectivity index (χ1n) is 5.75.